The molecule has 41 heavy (non-hydrogen) atoms. The van der Waals surface area contributed by atoms with Gasteiger partial charge in [-0.3, -0.25) is 9.97 Å². The predicted octanol–water partition coefficient (Wildman–Crippen LogP) is 6.12. The molecule has 2 aromatic carbocycles. The first-order chi connectivity index (χ1) is 19.7. The number of nitrogens with two attached hydrogens (primary N) is 1. The van der Waals surface area contributed by atoms with Crippen LogP contribution in [0, 0.1) is 0 Å². The maximum absolute atomic E-state index is 10.3. The van der Waals surface area contributed by atoms with Crippen LogP contribution in [0.15, 0.2) is 85.2 Å². The second kappa shape index (κ2) is 10.7. The third-order valence-electron chi connectivity index (χ3n) is 6.80. The first kappa shape index (κ1) is 26.6. The Hall–Kier alpha value is -4.66. The van der Waals surface area contributed by atoms with Gasteiger partial charge >= 0.3 is 0 Å². The van der Waals surface area contributed by atoms with Gasteiger partial charge in [0.05, 0.1) is 39.7 Å². The van der Waals surface area contributed by atoms with Gasteiger partial charge in [-0.1, -0.05) is 54.1 Å². The molecule has 6 aromatic rings. The Kier molecular flexibility index (Phi) is 6.95. The van der Waals surface area contributed by atoms with Crippen molar-refractivity contribution in [3.63, 3.8) is 0 Å². The van der Waals surface area contributed by atoms with Crippen molar-refractivity contribution < 1.29 is 5.11 Å². The average Bonchev–Trinajstić information content (AvgIpc) is 3.40. The smallest absolute Gasteiger partial charge is 0.146 e. The quantitative estimate of drug-likeness (QED) is 0.214. The van der Waals surface area contributed by atoms with Crippen molar-refractivity contribution in [2.75, 3.05) is 5.73 Å². The summed E-state index contributed by atoms with van der Waals surface area (Å²) in [5.41, 5.74) is 12.2. The number of H-pyrrole nitrogens is 1. The molecule has 0 saturated heterocycles. The number of aromatic amines is 1. The van der Waals surface area contributed by atoms with Crippen LogP contribution in [0.3, 0.4) is 0 Å². The fourth-order valence-electron chi connectivity index (χ4n) is 4.75. The largest absolute Gasteiger partial charge is 0.384 e. The number of rotatable bonds is 7. The van der Waals surface area contributed by atoms with Gasteiger partial charge in [0.1, 0.15) is 17.2 Å². The predicted molar refractivity (Wildman–Crippen MR) is 161 cm³/mol. The minimum atomic E-state index is -1.01. The molecule has 4 N–H and O–H groups in total. The molecular formula is C32H28ClN7O. The fraction of sp³-hybridized carbons (Fsp3) is 0.156. The van der Waals surface area contributed by atoms with E-state index in [2.05, 4.69) is 19.9 Å². The van der Waals surface area contributed by atoms with Gasteiger partial charge in [0.2, 0.25) is 0 Å². The van der Waals surface area contributed by atoms with E-state index in [9.17, 15) is 5.11 Å². The van der Waals surface area contributed by atoms with Crippen LogP contribution in [0.4, 0.5) is 5.82 Å². The summed E-state index contributed by atoms with van der Waals surface area (Å²) in [5, 5.41) is 11.8. The summed E-state index contributed by atoms with van der Waals surface area (Å²) >= 11 is 6.65. The monoisotopic (exact) mass is 561 g/mol. The molecule has 0 aliphatic rings. The second-order valence-electron chi connectivity index (χ2n) is 10.4. The number of nitrogens with zero attached hydrogens (tertiary/aromatic N) is 5. The van der Waals surface area contributed by atoms with Gasteiger partial charge in [0.15, 0.2) is 0 Å². The van der Waals surface area contributed by atoms with Crippen LogP contribution >= 0.6 is 11.6 Å². The number of aliphatic hydroxyl groups is 1. The lowest BCUT2D eigenvalue weighted by Crippen LogP contribution is -2.18. The van der Waals surface area contributed by atoms with Gasteiger partial charge in [-0.05, 0) is 44.2 Å². The minimum Gasteiger partial charge on any atom is -0.384 e. The average molecular weight is 562 g/mol. The van der Waals surface area contributed by atoms with E-state index in [-0.39, 0.29) is 0 Å². The molecule has 204 valence electrons. The summed E-state index contributed by atoms with van der Waals surface area (Å²) < 4.78 is 0. The van der Waals surface area contributed by atoms with E-state index >= 15 is 0 Å². The molecule has 4 aromatic heterocycles. The van der Waals surface area contributed by atoms with Crippen LogP contribution in [0.25, 0.3) is 33.4 Å². The zero-order valence-corrected chi connectivity index (χ0v) is 23.4. The van der Waals surface area contributed by atoms with Gasteiger partial charge in [0, 0.05) is 46.7 Å². The number of nitrogens with one attached hydrogen (secondary N) is 1. The number of imidazole rings is 1. The molecule has 0 spiro atoms. The highest BCUT2D eigenvalue weighted by molar-refractivity contribution is 6.35. The Labute approximate surface area is 242 Å². The number of aromatic nitrogens is 6. The Bertz CT molecular complexity index is 1860. The van der Waals surface area contributed by atoms with Crippen molar-refractivity contribution in [1.29, 1.82) is 0 Å². The van der Waals surface area contributed by atoms with E-state index in [1.54, 1.807) is 26.2 Å². The van der Waals surface area contributed by atoms with Crippen molar-refractivity contribution in [2.24, 2.45) is 0 Å². The molecule has 0 fully saturated rings. The van der Waals surface area contributed by atoms with E-state index < -0.39 is 5.60 Å². The Morgan fingerprint density at radius 2 is 1.66 bits per heavy atom. The molecule has 0 amide bonds. The highest BCUT2D eigenvalue weighted by Gasteiger charge is 2.20. The summed E-state index contributed by atoms with van der Waals surface area (Å²) in [6.07, 6.45) is 4.41. The van der Waals surface area contributed by atoms with Crippen LogP contribution in [0.2, 0.25) is 5.02 Å². The highest BCUT2D eigenvalue weighted by Crippen LogP contribution is 2.35. The molecule has 6 rings (SSSR count). The molecule has 0 bridgehead atoms. The van der Waals surface area contributed by atoms with Crippen LogP contribution < -0.4 is 5.73 Å². The number of anilines is 1. The molecule has 4 heterocycles. The summed E-state index contributed by atoms with van der Waals surface area (Å²) in [7, 11) is 0. The number of pyridine rings is 2. The SMILES string of the molecule is CC(C)(O)c1cccc(Cc2cnc(Cc3nc(-c4cc(Cl)c5ncccc5c4)c(-c4ccccc4)nc3N)[nH]2)n1. The summed E-state index contributed by atoms with van der Waals surface area (Å²) in [5.74, 6) is 1.04. The molecule has 0 radical (unpaired) electrons. The van der Waals surface area contributed by atoms with Gasteiger partial charge in [-0.25, -0.2) is 15.0 Å². The second-order valence-corrected chi connectivity index (χ2v) is 10.8. The van der Waals surface area contributed by atoms with E-state index in [1.165, 1.54) is 0 Å². The van der Waals surface area contributed by atoms with Crippen LogP contribution in [-0.2, 0) is 18.4 Å². The molecule has 0 unspecified atom stereocenters. The maximum Gasteiger partial charge on any atom is 0.146 e. The highest BCUT2D eigenvalue weighted by atomic mass is 35.5. The molecule has 0 aliphatic heterocycles. The van der Waals surface area contributed by atoms with E-state index in [0.717, 1.165) is 33.4 Å². The normalized spacial score (nSPS) is 11.7. The van der Waals surface area contributed by atoms with Crippen molar-refractivity contribution in [1.82, 2.24) is 29.9 Å². The Balaban J connectivity index is 1.36. The lowest BCUT2D eigenvalue weighted by molar-refractivity contribution is 0.0736. The minimum absolute atomic E-state index is 0.332. The number of halogens is 1. The first-order valence-electron chi connectivity index (χ1n) is 13.2. The van der Waals surface area contributed by atoms with Crippen molar-refractivity contribution in [3.05, 3.63) is 119 Å². The standard InChI is InChI=1S/C32H28ClN7O/c1-32(2,41)26-12-6-11-22(37-26)16-23-18-36-27(38-23)17-25-31(34)40-29(19-8-4-3-5-9-19)30(39-25)21-14-20-10-7-13-35-28(20)24(33)15-21/h3-15,18,41H,16-17H2,1-2H3,(H2,34,40)(H,36,38). The van der Waals surface area contributed by atoms with Gasteiger partial charge in [0.25, 0.3) is 0 Å². The fourth-order valence-corrected chi connectivity index (χ4v) is 5.03. The number of hydrogen-bond donors (Lipinski definition) is 3. The lowest BCUT2D eigenvalue weighted by Gasteiger charge is -2.17. The molecule has 8 nitrogen and oxygen atoms in total. The third kappa shape index (κ3) is 5.66. The van der Waals surface area contributed by atoms with Crippen molar-refractivity contribution >= 4 is 28.3 Å². The molecule has 0 aliphatic carbocycles. The zero-order valence-electron chi connectivity index (χ0n) is 22.6. The number of benzene rings is 2. The number of hydrogen-bond acceptors (Lipinski definition) is 7. The van der Waals surface area contributed by atoms with Gasteiger partial charge < -0.3 is 15.8 Å². The summed E-state index contributed by atoms with van der Waals surface area (Å²) in [6, 6.07) is 23.2. The van der Waals surface area contributed by atoms with Crippen LogP contribution in [-0.4, -0.2) is 35.0 Å². The van der Waals surface area contributed by atoms with Crippen LogP contribution in [0.5, 0.6) is 0 Å². The first-order valence-corrected chi connectivity index (χ1v) is 13.6. The van der Waals surface area contributed by atoms with Crippen LogP contribution in [0.1, 0.15) is 42.4 Å². The molecule has 0 saturated carbocycles. The number of fused-ring (bicyclic) bond motifs is 1. The van der Waals surface area contributed by atoms with Gasteiger partial charge in [-0.2, -0.15) is 0 Å². The third-order valence-corrected chi connectivity index (χ3v) is 7.09. The molecule has 9 heteroatoms. The summed E-state index contributed by atoms with van der Waals surface area (Å²) in [4.78, 5) is 26.8. The van der Waals surface area contributed by atoms with E-state index in [1.807, 2.05) is 72.8 Å². The topological polar surface area (TPSA) is 126 Å². The Morgan fingerprint density at radius 3 is 2.46 bits per heavy atom. The molecular weight excluding hydrogens is 534 g/mol. The maximum atomic E-state index is 10.3. The lowest BCUT2D eigenvalue weighted by atomic mass is 10.0. The Morgan fingerprint density at radius 1 is 0.854 bits per heavy atom. The van der Waals surface area contributed by atoms with E-state index in [4.69, 9.17) is 27.3 Å². The zero-order chi connectivity index (χ0) is 28.6. The molecule has 0 atom stereocenters. The van der Waals surface area contributed by atoms with Gasteiger partial charge in [-0.15, -0.1) is 0 Å². The van der Waals surface area contributed by atoms with Crippen molar-refractivity contribution in [3.8, 4) is 22.5 Å². The summed E-state index contributed by atoms with van der Waals surface area (Å²) in [6.45, 7) is 3.44. The van der Waals surface area contributed by atoms with Crippen molar-refractivity contribution in [2.45, 2.75) is 32.3 Å². The number of nitrogen functional groups attached to an aromatic ring is 1. The van der Waals surface area contributed by atoms with E-state index in [0.29, 0.717) is 52.3 Å².